The molecule has 1 fully saturated rings. The summed E-state index contributed by atoms with van der Waals surface area (Å²) in [6.45, 7) is 5.39. The summed E-state index contributed by atoms with van der Waals surface area (Å²) < 4.78 is 12.7. The van der Waals surface area contributed by atoms with Crippen LogP contribution in [0.5, 0.6) is 0 Å². The van der Waals surface area contributed by atoms with E-state index >= 15 is 0 Å². The number of carbonyl (C=O) groups is 1. The number of carboxylic acids is 1. The van der Waals surface area contributed by atoms with Gasteiger partial charge in [-0.2, -0.15) is 5.10 Å². The molecule has 0 saturated carbocycles. The highest BCUT2D eigenvalue weighted by atomic mass is 16.5. The van der Waals surface area contributed by atoms with Crippen molar-refractivity contribution in [2.45, 2.75) is 25.8 Å². The summed E-state index contributed by atoms with van der Waals surface area (Å²) in [5, 5.41) is 12.8. The van der Waals surface area contributed by atoms with Gasteiger partial charge in [0.1, 0.15) is 0 Å². The van der Waals surface area contributed by atoms with Gasteiger partial charge in [-0.05, 0) is 38.8 Å². The van der Waals surface area contributed by atoms with Crippen LogP contribution in [0.2, 0.25) is 0 Å². The lowest BCUT2D eigenvalue weighted by Gasteiger charge is -2.29. The number of aromatic carboxylic acids is 1. The average Bonchev–Trinajstić information content (AvgIpc) is 2.99. The molecule has 23 heavy (non-hydrogen) atoms. The largest absolute Gasteiger partial charge is 0.478 e. The average molecular weight is 325 g/mol. The van der Waals surface area contributed by atoms with Crippen molar-refractivity contribution in [3.63, 3.8) is 0 Å². The highest BCUT2D eigenvalue weighted by molar-refractivity contribution is 5.86. The van der Waals surface area contributed by atoms with Crippen molar-refractivity contribution in [1.82, 2.24) is 14.7 Å². The first-order valence-corrected chi connectivity index (χ1v) is 8.25. The van der Waals surface area contributed by atoms with Crippen LogP contribution in [0.25, 0.3) is 0 Å². The summed E-state index contributed by atoms with van der Waals surface area (Å²) in [4.78, 5) is 13.1. The molecule has 1 aliphatic rings. The molecule has 0 aliphatic carbocycles. The zero-order valence-electron chi connectivity index (χ0n) is 13.8. The summed E-state index contributed by atoms with van der Waals surface area (Å²) >= 11 is 0. The Balaban J connectivity index is 1.44. The normalized spacial score (nSPS) is 19.1. The molecule has 0 amide bonds. The van der Waals surface area contributed by atoms with E-state index in [0.29, 0.717) is 26.4 Å². The fraction of sp³-hybridized carbons (Fsp3) is 0.750. The van der Waals surface area contributed by atoms with Crippen molar-refractivity contribution in [1.29, 1.82) is 0 Å². The first kappa shape index (κ1) is 17.9. The van der Waals surface area contributed by atoms with Gasteiger partial charge in [0.2, 0.25) is 0 Å². The van der Waals surface area contributed by atoms with Gasteiger partial charge in [0.25, 0.3) is 0 Å². The molecule has 0 bridgehead atoms. The van der Waals surface area contributed by atoms with Gasteiger partial charge in [0.15, 0.2) is 0 Å². The fourth-order valence-corrected chi connectivity index (χ4v) is 2.84. The highest BCUT2D eigenvalue weighted by Gasteiger charge is 2.16. The van der Waals surface area contributed by atoms with Crippen LogP contribution >= 0.6 is 0 Å². The fourth-order valence-electron chi connectivity index (χ4n) is 2.84. The molecule has 0 spiro atoms. The molecular weight excluding hydrogens is 298 g/mol. The minimum atomic E-state index is -0.963. The van der Waals surface area contributed by atoms with Crippen molar-refractivity contribution in [2.24, 2.45) is 5.92 Å². The molecule has 1 aromatic heterocycles. The number of piperidine rings is 1. The van der Waals surface area contributed by atoms with Gasteiger partial charge in [-0.25, -0.2) is 4.79 Å². The van der Waals surface area contributed by atoms with Crippen molar-refractivity contribution in [3.05, 3.63) is 18.0 Å². The second-order valence-corrected chi connectivity index (χ2v) is 6.08. The predicted octanol–water partition coefficient (Wildman–Crippen LogP) is 1.35. The quantitative estimate of drug-likeness (QED) is 0.654. The van der Waals surface area contributed by atoms with Crippen LogP contribution in [0.15, 0.2) is 12.4 Å². The minimum absolute atomic E-state index is 0.196. The SMILES string of the molecule is CN1CCCC(CCOCCOCCn2cc(C(=O)O)cn2)C1. The molecule has 1 saturated heterocycles. The van der Waals surface area contributed by atoms with Gasteiger partial charge in [0, 0.05) is 19.3 Å². The Bertz CT molecular complexity index is 478. The molecular formula is C16H27N3O4. The Labute approximate surface area is 137 Å². The van der Waals surface area contributed by atoms with E-state index in [1.54, 1.807) is 4.68 Å². The zero-order chi connectivity index (χ0) is 16.5. The lowest BCUT2D eigenvalue weighted by Crippen LogP contribution is -2.32. The third kappa shape index (κ3) is 6.68. The molecule has 2 heterocycles. The first-order valence-electron chi connectivity index (χ1n) is 8.25. The summed E-state index contributed by atoms with van der Waals surface area (Å²) in [6.07, 6.45) is 6.57. The van der Waals surface area contributed by atoms with Gasteiger partial charge in [-0.1, -0.05) is 0 Å². The molecule has 7 nitrogen and oxygen atoms in total. The molecule has 130 valence electrons. The maximum atomic E-state index is 10.7. The van der Waals surface area contributed by atoms with Crippen molar-refractivity contribution in [3.8, 4) is 0 Å². The summed E-state index contributed by atoms with van der Waals surface area (Å²) in [5.74, 6) is -0.201. The van der Waals surface area contributed by atoms with Crippen molar-refractivity contribution >= 4 is 5.97 Å². The van der Waals surface area contributed by atoms with Gasteiger partial charge < -0.3 is 19.5 Å². The second-order valence-electron chi connectivity index (χ2n) is 6.08. The minimum Gasteiger partial charge on any atom is -0.478 e. The number of hydrogen-bond acceptors (Lipinski definition) is 5. The standard InChI is InChI=1S/C16H27N3O4/c1-18-5-2-3-14(12-18)4-7-22-9-10-23-8-6-19-13-15(11-17-19)16(20)21/h11,13-14H,2-10,12H2,1H3,(H,20,21). The predicted molar refractivity (Wildman–Crippen MR) is 85.7 cm³/mol. The molecule has 2 rings (SSSR count). The van der Waals surface area contributed by atoms with Crippen LogP contribution in [-0.2, 0) is 16.0 Å². The van der Waals surface area contributed by atoms with Crippen LogP contribution in [0, 0.1) is 5.92 Å². The zero-order valence-corrected chi connectivity index (χ0v) is 13.8. The molecule has 1 atom stereocenters. The Hall–Kier alpha value is -1.44. The molecule has 1 aliphatic heterocycles. The number of ether oxygens (including phenoxy) is 2. The molecule has 0 radical (unpaired) electrons. The Morgan fingerprint density at radius 2 is 2.13 bits per heavy atom. The topological polar surface area (TPSA) is 76.8 Å². The van der Waals surface area contributed by atoms with Gasteiger partial charge in [0.05, 0.1) is 38.1 Å². The maximum Gasteiger partial charge on any atom is 0.338 e. The smallest absolute Gasteiger partial charge is 0.338 e. The van der Waals surface area contributed by atoms with Crippen molar-refractivity contribution < 1.29 is 19.4 Å². The van der Waals surface area contributed by atoms with Crippen LogP contribution in [-0.4, -0.2) is 72.3 Å². The van der Waals surface area contributed by atoms with E-state index in [4.69, 9.17) is 14.6 Å². The Morgan fingerprint density at radius 3 is 2.83 bits per heavy atom. The maximum absolute atomic E-state index is 10.7. The van der Waals surface area contributed by atoms with Crippen LogP contribution in [0.1, 0.15) is 29.6 Å². The molecule has 1 unspecified atom stereocenters. The Kier molecular flexibility index (Phi) is 7.51. The third-order valence-electron chi connectivity index (χ3n) is 4.11. The number of carboxylic acid groups (broad SMARTS) is 1. The van der Waals surface area contributed by atoms with Crippen LogP contribution in [0.3, 0.4) is 0 Å². The first-order chi connectivity index (χ1) is 11.1. The Morgan fingerprint density at radius 1 is 1.35 bits per heavy atom. The van der Waals surface area contributed by atoms with Gasteiger partial charge >= 0.3 is 5.97 Å². The van der Waals surface area contributed by atoms with E-state index < -0.39 is 5.97 Å². The van der Waals surface area contributed by atoms with Gasteiger partial charge in [-0.15, -0.1) is 0 Å². The highest BCUT2D eigenvalue weighted by Crippen LogP contribution is 2.18. The lowest BCUT2D eigenvalue weighted by molar-refractivity contribution is 0.0358. The van der Waals surface area contributed by atoms with Gasteiger partial charge in [-0.3, -0.25) is 4.68 Å². The van der Waals surface area contributed by atoms with Crippen LogP contribution < -0.4 is 0 Å². The van der Waals surface area contributed by atoms with E-state index in [-0.39, 0.29) is 5.56 Å². The van der Waals surface area contributed by atoms with E-state index in [0.717, 1.165) is 18.9 Å². The number of hydrogen-bond donors (Lipinski definition) is 1. The number of nitrogens with zero attached hydrogens (tertiary/aromatic N) is 3. The number of aromatic nitrogens is 2. The summed E-state index contributed by atoms with van der Waals surface area (Å²) in [5.41, 5.74) is 0.196. The second kappa shape index (κ2) is 9.64. The number of rotatable bonds is 10. The summed E-state index contributed by atoms with van der Waals surface area (Å²) in [6, 6.07) is 0. The summed E-state index contributed by atoms with van der Waals surface area (Å²) in [7, 11) is 2.18. The molecule has 1 aromatic rings. The lowest BCUT2D eigenvalue weighted by atomic mass is 9.96. The van der Waals surface area contributed by atoms with E-state index in [9.17, 15) is 4.79 Å². The third-order valence-corrected chi connectivity index (χ3v) is 4.11. The van der Waals surface area contributed by atoms with E-state index in [1.165, 1.54) is 38.3 Å². The van der Waals surface area contributed by atoms with Crippen LogP contribution in [0.4, 0.5) is 0 Å². The molecule has 0 aromatic carbocycles. The number of likely N-dealkylation sites (tertiary alicyclic amines) is 1. The van der Waals surface area contributed by atoms with E-state index in [2.05, 4.69) is 17.0 Å². The molecule has 1 N–H and O–H groups in total. The monoisotopic (exact) mass is 325 g/mol. The van der Waals surface area contributed by atoms with E-state index in [1.807, 2.05) is 0 Å². The molecule has 7 heteroatoms. The van der Waals surface area contributed by atoms with Crippen molar-refractivity contribution in [2.75, 3.05) is 46.6 Å².